The minimum Gasteiger partial charge on any atom is -0.357 e. The van der Waals surface area contributed by atoms with Gasteiger partial charge in [-0.2, -0.15) is 20.5 Å². The molecule has 1 aromatic heterocycles. The van der Waals surface area contributed by atoms with E-state index < -0.39 is 6.55 Å². The Kier molecular flexibility index (Phi) is 10.6. The number of aromatic nitrogens is 2. The molecular weight excluding hydrogens is 490 g/mol. The van der Waals surface area contributed by atoms with Crippen molar-refractivity contribution in [2.45, 2.75) is 32.3 Å². The van der Waals surface area contributed by atoms with Crippen LogP contribution in [0.1, 0.15) is 30.4 Å². The van der Waals surface area contributed by atoms with Gasteiger partial charge in [0.1, 0.15) is 11.6 Å². The lowest BCUT2D eigenvalue weighted by atomic mass is 10.1. The summed E-state index contributed by atoms with van der Waals surface area (Å²) in [5, 5.41) is 6.06. The van der Waals surface area contributed by atoms with Gasteiger partial charge in [-0.25, -0.2) is 14.4 Å². The summed E-state index contributed by atoms with van der Waals surface area (Å²) in [5.41, 5.74) is 1.82. The lowest BCUT2D eigenvalue weighted by Gasteiger charge is -2.13. The summed E-state index contributed by atoms with van der Waals surface area (Å²) >= 11 is 1.61. The zero-order valence-corrected chi connectivity index (χ0v) is 18.2. The monoisotopic (exact) mass is 513 g/mol. The molecule has 2 rings (SSSR count). The van der Waals surface area contributed by atoms with Crippen LogP contribution in [-0.4, -0.2) is 28.3 Å². The second kappa shape index (κ2) is 12.1. The molecule has 0 saturated carbocycles. The van der Waals surface area contributed by atoms with E-state index >= 15 is 0 Å². The van der Waals surface area contributed by atoms with Gasteiger partial charge in [-0.1, -0.05) is 6.07 Å². The van der Waals surface area contributed by atoms with Crippen LogP contribution in [0.15, 0.2) is 35.6 Å². The molecule has 0 fully saturated rings. The molecule has 0 atom stereocenters. The molecular formula is C17H23F3IN5S. The Morgan fingerprint density at radius 3 is 2.74 bits per heavy atom. The molecule has 5 nitrogen and oxygen atoms in total. The van der Waals surface area contributed by atoms with Crippen molar-refractivity contribution in [3.63, 3.8) is 0 Å². The zero-order chi connectivity index (χ0) is 18.9. The van der Waals surface area contributed by atoms with Gasteiger partial charge in [0.05, 0.1) is 13.1 Å². The van der Waals surface area contributed by atoms with E-state index in [1.54, 1.807) is 17.8 Å². The van der Waals surface area contributed by atoms with Gasteiger partial charge in [-0.05, 0) is 36.4 Å². The number of alkyl halides is 2. The summed E-state index contributed by atoms with van der Waals surface area (Å²) in [6.45, 7) is 0.367. The topological polar surface area (TPSA) is 54.2 Å². The molecule has 0 bridgehead atoms. The van der Waals surface area contributed by atoms with Crippen molar-refractivity contribution in [3.05, 3.63) is 53.4 Å². The third kappa shape index (κ3) is 7.24. The van der Waals surface area contributed by atoms with Crippen molar-refractivity contribution < 1.29 is 13.2 Å². The minimum absolute atomic E-state index is 0. The summed E-state index contributed by atoms with van der Waals surface area (Å²) in [4.78, 5) is 8.40. The molecule has 150 valence electrons. The Morgan fingerprint density at radius 2 is 2.07 bits per heavy atom. The molecule has 0 aliphatic carbocycles. The highest BCUT2D eigenvalue weighted by Gasteiger charge is 2.11. The van der Waals surface area contributed by atoms with Crippen molar-refractivity contribution in [3.8, 4) is 0 Å². The molecule has 2 N–H and O–H groups in total. The second-order valence-corrected chi connectivity index (χ2v) is 6.29. The maximum absolute atomic E-state index is 13.4. The zero-order valence-electron chi connectivity index (χ0n) is 15.1. The fourth-order valence-corrected chi connectivity index (χ4v) is 2.95. The molecule has 0 spiro atoms. The lowest BCUT2D eigenvalue weighted by Crippen LogP contribution is -2.37. The highest BCUT2D eigenvalue weighted by molar-refractivity contribution is 14.0. The van der Waals surface area contributed by atoms with E-state index in [4.69, 9.17) is 0 Å². The Labute approximate surface area is 178 Å². The molecule has 0 radical (unpaired) electrons. The first-order valence-electron chi connectivity index (χ1n) is 8.13. The number of halogens is 4. The molecule has 0 amide bonds. The Hall–Kier alpha value is -1.43. The largest absolute Gasteiger partial charge is 0.357 e. The summed E-state index contributed by atoms with van der Waals surface area (Å²) in [7, 11) is 0. The van der Waals surface area contributed by atoms with E-state index in [-0.39, 0.29) is 42.2 Å². The van der Waals surface area contributed by atoms with Crippen LogP contribution >= 0.6 is 35.7 Å². The van der Waals surface area contributed by atoms with Crippen molar-refractivity contribution >= 4 is 41.7 Å². The number of rotatable bonds is 8. The number of imidazole rings is 1. The van der Waals surface area contributed by atoms with Gasteiger partial charge in [-0.15, -0.1) is 24.0 Å². The average molecular weight is 513 g/mol. The van der Waals surface area contributed by atoms with Gasteiger partial charge in [0.25, 0.3) is 0 Å². The number of nitrogens with zero attached hydrogens (tertiary/aromatic N) is 3. The average Bonchev–Trinajstić information content (AvgIpc) is 3.08. The number of hydrogen-bond donors (Lipinski definition) is 2. The van der Waals surface area contributed by atoms with Crippen molar-refractivity contribution in [2.24, 2.45) is 4.99 Å². The Morgan fingerprint density at radius 1 is 1.30 bits per heavy atom. The van der Waals surface area contributed by atoms with E-state index in [9.17, 15) is 13.2 Å². The molecule has 0 aliphatic rings. The summed E-state index contributed by atoms with van der Waals surface area (Å²) in [5.74, 6) is 1.12. The van der Waals surface area contributed by atoms with Gasteiger partial charge in [0.15, 0.2) is 5.96 Å². The number of hydrogen-bond acceptors (Lipinski definition) is 3. The van der Waals surface area contributed by atoms with Crippen LogP contribution in [0.2, 0.25) is 0 Å². The number of nitrogens with one attached hydrogen (secondary N) is 2. The van der Waals surface area contributed by atoms with Gasteiger partial charge in [-0.3, -0.25) is 4.57 Å². The van der Waals surface area contributed by atoms with Gasteiger partial charge < -0.3 is 10.6 Å². The first kappa shape index (κ1) is 23.6. The van der Waals surface area contributed by atoms with Crippen molar-refractivity contribution in [1.29, 1.82) is 0 Å². The molecule has 10 heteroatoms. The van der Waals surface area contributed by atoms with Crippen LogP contribution < -0.4 is 10.6 Å². The minimum atomic E-state index is -2.64. The van der Waals surface area contributed by atoms with Crippen LogP contribution in [0.25, 0.3) is 0 Å². The van der Waals surface area contributed by atoms with Crippen LogP contribution in [0.5, 0.6) is 0 Å². The standard InChI is InChI=1S/C17H22F3N5S.HI/c1-3-21-17(24-10-15-22-6-7-25(15)16(19)20)23-9-12-4-5-14(18)8-13(12)11-26-2;/h4-8,16H,3,9-11H2,1-2H3,(H2,21,23,24);1H. The molecule has 2 aromatic rings. The van der Waals surface area contributed by atoms with Gasteiger partial charge in [0.2, 0.25) is 0 Å². The maximum Gasteiger partial charge on any atom is 0.319 e. The second-order valence-electron chi connectivity index (χ2n) is 5.42. The maximum atomic E-state index is 13.4. The smallest absolute Gasteiger partial charge is 0.319 e. The van der Waals surface area contributed by atoms with E-state index in [0.717, 1.165) is 15.7 Å². The number of benzene rings is 1. The van der Waals surface area contributed by atoms with Gasteiger partial charge >= 0.3 is 6.55 Å². The van der Waals surface area contributed by atoms with Crippen molar-refractivity contribution in [1.82, 2.24) is 20.2 Å². The van der Waals surface area contributed by atoms with E-state index in [2.05, 4.69) is 20.6 Å². The first-order valence-corrected chi connectivity index (χ1v) is 9.52. The third-order valence-electron chi connectivity index (χ3n) is 3.59. The third-order valence-corrected chi connectivity index (χ3v) is 4.19. The summed E-state index contributed by atoms with van der Waals surface area (Å²) in [6.07, 6.45) is 4.52. The fraction of sp³-hybridized carbons (Fsp3) is 0.412. The molecule has 0 aliphatic heterocycles. The van der Waals surface area contributed by atoms with Crippen LogP contribution in [0.3, 0.4) is 0 Å². The summed E-state index contributed by atoms with van der Waals surface area (Å²) < 4.78 is 40.0. The quantitative estimate of drug-likeness (QED) is 0.317. The van der Waals surface area contributed by atoms with Crippen LogP contribution in [0.4, 0.5) is 13.2 Å². The molecule has 27 heavy (non-hydrogen) atoms. The molecule has 1 aromatic carbocycles. The predicted molar refractivity (Wildman–Crippen MR) is 114 cm³/mol. The SMILES string of the molecule is CCNC(=NCc1ccc(F)cc1CSC)NCc1nccn1C(F)F.I. The van der Waals surface area contributed by atoms with Gasteiger partial charge in [0, 0.05) is 24.7 Å². The fourth-order valence-electron chi connectivity index (χ4n) is 2.37. The highest BCUT2D eigenvalue weighted by Crippen LogP contribution is 2.17. The van der Waals surface area contributed by atoms with E-state index in [1.807, 2.05) is 13.2 Å². The van der Waals surface area contributed by atoms with Crippen LogP contribution in [-0.2, 0) is 18.8 Å². The number of thioether (sulfide) groups is 1. The first-order chi connectivity index (χ1) is 12.5. The Balaban J connectivity index is 0.00000364. The predicted octanol–water partition coefficient (Wildman–Crippen LogP) is 4.15. The molecule has 1 heterocycles. The van der Waals surface area contributed by atoms with Crippen LogP contribution in [0, 0.1) is 5.82 Å². The normalized spacial score (nSPS) is 11.4. The number of guanidine groups is 1. The summed E-state index contributed by atoms with van der Waals surface area (Å²) in [6, 6.07) is 4.65. The highest BCUT2D eigenvalue weighted by atomic mass is 127. The van der Waals surface area contributed by atoms with E-state index in [1.165, 1.54) is 24.5 Å². The molecule has 0 saturated heterocycles. The number of aliphatic imine (C=N–C) groups is 1. The van der Waals surface area contributed by atoms with E-state index in [0.29, 0.717) is 24.8 Å². The Bertz CT molecular complexity index is 739. The molecule has 0 unspecified atom stereocenters. The van der Waals surface area contributed by atoms with Crippen molar-refractivity contribution in [2.75, 3.05) is 12.8 Å². The lowest BCUT2D eigenvalue weighted by molar-refractivity contribution is 0.0668.